The molecule has 124 valence electrons. The van der Waals surface area contributed by atoms with Crippen molar-refractivity contribution in [3.63, 3.8) is 0 Å². The van der Waals surface area contributed by atoms with Gasteiger partial charge in [-0.2, -0.15) is 5.10 Å². The van der Waals surface area contributed by atoms with Crippen molar-refractivity contribution in [1.29, 1.82) is 0 Å². The zero-order chi connectivity index (χ0) is 16.9. The lowest BCUT2D eigenvalue weighted by molar-refractivity contribution is 0.262. The molecule has 0 saturated heterocycles. The molecule has 0 aliphatic carbocycles. The van der Waals surface area contributed by atoms with Crippen molar-refractivity contribution in [2.24, 2.45) is 7.05 Å². The summed E-state index contributed by atoms with van der Waals surface area (Å²) in [4.78, 5) is 6.81. The first kappa shape index (κ1) is 16.2. The number of likely N-dealkylation sites (N-methyl/N-ethyl adjacent to an activating group) is 1. The van der Waals surface area contributed by atoms with Gasteiger partial charge >= 0.3 is 0 Å². The predicted octanol–water partition coefficient (Wildman–Crippen LogP) is 3.09. The minimum absolute atomic E-state index is 0.632. The highest BCUT2D eigenvalue weighted by Crippen LogP contribution is 2.29. The maximum atomic E-state index is 5.95. The van der Waals surface area contributed by atoms with Crippen LogP contribution in [0.5, 0.6) is 5.75 Å². The van der Waals surface area contributed by atoms with Gasteiger partial charge in [-0.3, -0.25) is 0 Å². The average molecular weight is 322 g/mol. The Morgan fingerprint density at radius 3 is 2.46 bits per heavy atom. The molecule has 0 aliphatic heterocycles. The normalized spacial score (nSPS) is 11.0. The molecule has 0 spiro atoms. The van der Waals surface area contributed by atoms with E-state index < -0.39 is 0 Å². The Balaban J connectivity index is 1.91. The molecule has 5 heteroatoms. The zero-order valence-corrected chi connectivity index (χ0v) is 14.3. The van der Waals surface area contributed by atoms with E-state index in [1.54, 1.807) is 4.68 Å². The monoisotopic (exact) mass is 322 g/mol. The summed E-state index contributed by atoms with van der Waals surface area (Å²) in [7, 11) is 5.97. The Morgan fingerprint density at radius 2 is 1.71 bits per heavy atom. The van der Waals surface area contributed by atoms with Crippen LogP contribution in [-0.2, 0) is 7.05 Å². The smallest absolute Gasteiger partial charge is 0.181 e. The van der Waals surface area contributed by atoms with Gasteiger partial charge in [0.05, 0.1) is 5.56 Å². The minimum Gasteiger partial charge on any atom is -0.491 e. The Labute approximate surface area is 142 Å². The molecule has 0 fully saturated rings. The van der Waals surface area contributed by atoms with Crippen LogP contribution in [0, 0.1) is 0 Å². The number of benzene rings is 2. The topological polar surface area (TPSA) is 43.2 Å². The molecule has 0 saturated carbocycles. The maximum absolute atomic E-state index is 5.95. The van der Waals surface area contributed by atoms with Crippen LogP contribution in [0.3, 0.4) is 0 Å². The largest absolute Gasteiger partial charge is 0.491 e. The SMILES string of the molecule is CN(C)CCOc1ccccc1-c1nc(-c2ccccc2)nn1C. The molecule has 5 nitrogen and oxygen atoms in total. The number of para-hydroxylation sites is 1. The van der Waals surface area contributed by atoms with Crippen molar-refractivity contribution >= 4 is 0 Å². The van der Waals surface area contributed by atoms with Crippen LogP contribution in [0.15, 0.2) is 54.6 Å². The first-order valence-electron chi connectivity index (χ1n) is 7.98. The van der Waals surface area contributed by atoms with Crippen LogP contribution in [0.1, 0.15) is 0 Å². The summed E-state index contributed by atoms with van der Waals surface area (Å²) >= 11 is 0. The first-order valence-corrected chi connectivity index (χ1v) is 7.98. The van der Waals surface area contributed by atoms with Crippen LogP contribution in [-0.4, -0.2) is 46.9 Å². The highest BCUT2D eigenvalue weighted by atomic mass is 16.5. The molecule has 2 aromatic carbocycles. The molecule has 0 unspecified atom stereocenters. The molecular formula is C19H22N4O. The number of nitrogens with zero attached hydrogens (tertiary/aromatic N) is 4. The number of ether oxygens (including phenoxy) is 1. The van der Waals surface area contributed by atoms with Crippen LogP contribution in [0.4, 0.5) is 0 Å². The Hall–Kier alpha value is -2.66. The summed E-state index contributed by atoms with van der Waals surface area (Å²) in [6.45, 7) is 1.50. The van der Waals surface area contributed by atoms with Gasteiger partial charge < -0.3 is 9.64 Å². The number of hydrogen-bond acceptors (Lipinski definition) is 4. The first-order chi connectivity index (χ1) is 11.6. The summed E-state index contributed by atoms with van der Waals surface area (Å²) in [6.07, 6.45) is 0. The Bertz CT molecular complexity index is 796. The summed E-state index contributed by atoms with van der Waals surface area (Å²) in [5, 5.41) is 4.55. The molecule has 3 rings (SSSR count). The molecule has 0 bridgehead atoms. The lowest BCUT2D eigenvalue weighted by Crippen LogP contribution is -2.19. The van der Waals surface area contributed by atoms with Gasteiger partial charge in [0.15, 0.2) is 11.6 Å². The summed E-state index contributed by atoms with van der Waals surface area (Å²) in [5.74, 6) is 2.35. The quantitative estimate of drug-likeness (QED) is 0.699. The van der Waals surface area contributed by atoms with Crippen molar-refractivity contribution in [1.82, 2.24) is 19.7 Å². The van der Waals surface area contributed by atoms with Crippen molar-refractivity contribution in [2.75, 3.05) is 27.2 Å². The van der Waals surface area contributed by atoms with Crippen LogP contribution in [0.2, 0.25) is 0 Å². The third-order valence-corrected chi connectivity index (χ3v) is 3.72. The van der Waals surface area contributed by atoms with E-state index >= 15 is 0 Å². The van der Waals surface area contributed by atoms with E-state index in [1.807, 2.05) is 75.7 Å². The molecule has 3 aromatic rings. The molecule has 0 amide bonds. The van der Waals surface area contributed by atoms with E-state index in [1.165, 1.54) is 0 Å². The average Bonchev–Trinajstić information content (AvgIpc) is 2.97. The van der Waals surface area contributed by atoms with Crippen molar-refractivity contribution < 1.29 is 4.74 Å². The molecule has 1 aromatic heterocycles. The standard InChI is InChI=1S/C19H22N4O/c1-22(2)13-14-24-17-12-8-7-11-16(17)19-20-18(21-23(19)3)15-9-5-4-6-10-15/h4-12H,13-14H2,1-3H3. The Kier molecular flexibility index (Phi) is 4.91. The van der Waals surface area contributed by atoms with Gasteiger partial charge in [0.25, 0.3) is 0 Å². The van der Waals surface area contributed by atoms with Gasteiger partial charge in [0.2, 0.25) is 0 Å². The van der Waals surface area contributed by atoms with Gasteiger partial charge in [0.1, 0.15) is 12.4 Å². The van der Waals surface area contributed by atoms with E-state index in [2.05, 4.69) is 10.00 Å². The van der Waals surface area contributed by atoms with E-state index in [0.717, 1.165) is 35.1 Å². The minimum atomic E-state index is 0.632. The van der Waals surface area contributed by atoms with E-state index in [4.69, 9.17) is 9.72 Å². The number of rotatable bonds is 6. The van der Waals surface area contributed by atoms with Crippen LogP contribution >= 0.6 is 0 Å². The highest BCUT2D eigenvalue weighted by Gasteiger charge is 2.14. The second kappa shape index (κ2) is 7.27. The van der Waals surface area contributed by atoms with Gasteiger partial charge in [-0.25, -0.2) is 9.67 Å². The van der Waals surface area contributed by atoms with Crippen molar-refractivity contribution in [3.8, 4) is 28.5 Å². The summed E-state index contributed by atoms with van der Waals surface area (Å²) < 4.78 is 7.75. The van der Waals surface area contributed by atoms with Gasteiger partial charge in [0, 0.05) is 19.2 Å². The fourth-order valence-electron chi connectivity index (χ4n) is 2.44. The van der Waals surface area contributed by atoms with Crippen molar-refractivity contribution in [3.05, 3.63) is 54.6 Å². The maximum Gasteiger partial charge on any atom is 0.181 e. The van der Waals surface area contributed by atoms with E-state index in [-0.39, 0.29) is 0 Å². The van der Waals surface area contributed by atoms with Gasteiger partial charge in [-0.05, 0) is 26.2 Å². The molecular weight excluding hydrogens is 300 g/mol. The van der Waals surface area contributed by atoms with Crippen LogP contribution < -0.4 is 4.74 Å². The third kappa shape index (κ3) is 3.63. The molecule has 0 atom stereocenters. The highest BCUT2D eigenvalue weighted by molar-refractivity contribution is 5.67. The summed E-state index contributed by atoms with van der Waals surface area (Å²) in [5.41, 5.74) is 1.96. The molecule has 1 heterocycles. The molecule has 0 N–H and O–H groups in total. The molecule has 24 heavy (non-hydrogen) atoms. The van der Waals surface area contributed by atoms with Crippen molar-refractivity contribution in [2.45, 2.75) is 0 Å². The molecule has 0 radical (unpaired) electrons. The van der Waals surface area contributed by atoms with E-state index in [9.17, 15) is 0 Å². The van der Waals surface area contributed by atoms with Gasteiger partial charge in [-0.1, -0.05) is 42.5 Å². The lowest BCUT2D eigenvalue weighted by atomic mass is 10.2. The fraction of sp³-hybridized carbons (Fsp3) is 0.263. The fourth-order valence-corrected chi connectivity index (χ4v) is 2.44. The lowest BCUT2D eigenvalue weighted by Gasteiger charge is -2.13. The number of aryl methyl sites for hydroxylation is 1. The summed E-state index contributed by atoms with van der Waals surface area (Å²) in [6, 6.07) is 17.9. The second-order valence-corrected chi connectivity index (χ2v) is 5.90. The second-order valence-electron chi connectivity index (χ2n) is 5.90. The number of hydrogen-bond donors (Lipinski definition) is 0. The third-order valence-electron chi connectivity index (χ3n) is 3.72. The zero-order valence-electron chi connectivity index (χ0n) is 14.3. The predicted molar refractivity (Wildman–Crippen MR) is 95.9 cm³/mol. The Morgan fingerprint density at radius 1 is 1.00 bits per heavy atom. The van der Waals surface area contributed by atoms with Gasteiger partial charge in [-0.15, -0.1) is 0 Å². The van der Waals surface area contributed by atoms with E-state index in [0.29, 0.717) is 6.61 Å². The number of aromatic nitrogens is 3. The van der Waals surface area contributed by atoms with Crippen LogP contribution in [0.25, 0.3) is 22.8 Å². The molecule has 0 aliphatic rings.